The minimum atomic E-state index is 0.328. The summed E-state index contributed by atoms with van der Waals surface area (Å²) in [5.74, 6) is 1.23. The molecule has 1 aliphatic rings. The lowest BCUT2D eigenvalue weighted by atomic mass is 9.98. The molecule has 0 saturated heterocycles. The van der Waals surface area contributed by atoms with Crippen LogP contribution in [0.25, 0.3) is 0 Å². The third kappa shape index (κ3) is 2.87. The molecule has 0 atom stereocenters. The first-order valence-corrected chi connectivity index (χ1v) is 7.14. The summed E-state index contributed by atoms with van der Waals surface area (Å²) in [5.41, 5.74) is 5.85. The Kier molecular flexibility index (Phi) is 3.57. The Morgan fingerprint density at radius 2 is 1.90 bits per heavy atom. The Balaban J connectivity index is 1.78. The van der Waals surface area contributed by atoms with Gasteiger partial charge in [0.1, 0.15) is 12.0 Å². The quantitative estimate of drug-likeness (QED) is 0.891. The number of phenols is 1. The number of anilines is 1. The minimum Gasteiger partial charge on any atom is -0.508 e. The average Bonchev–Trinajstić information content (AvgIpc) is 2.46. The van der Waals surface area contributed by atoms with Crippen LogP contribution in [0, 0.1) is 13.8 Å². The molecule has 0 aliphatic carbocycles. The van der Waals surface area contributed by atoms with E-state index in [1.807, 2.05) is 19.1 Å². The third-order valence-electron chi connectivity index (χ3n) is 3.84. The molecule has 0 amide bonds. The van der Waals surface area contributed by atoms with Crippen LogP contribution in [-0.2, 0) is 12.8 Å². The van der Waals surface area contributed by atoms with E-state index in [0.29, 0.717) is 5.75 Å². The number of rotatable bonds is 3. The maximum Gasteiger partial charge on any atom is 0.152 e. The molecule has 1 aliphatic heterocycles. The topological polar surface area (TPSA) is 41.5 Å². The lowest BCUT2D eigenvalue weighted by Gasteiger charge is -2.17. The second-order valence-electron chi connectivity index (χ2n) is 5.47. The first kappa shape index (κ1) is 13.6. The highest BCUT2D eigenvalue weighted by Gasteiger charge is 2.11. The van der Waals surface area contributed by atoms with Crippen molar-refractivity contribution in [2.24, 2.45) is 0 Å². The van der Waals surface area contributed by atoms with Crippen molar-refractivity contribution in [1.82, 2.24) is 0 Å². The number of fused-ring (bicyclic) bond motifs is 1. The minimum absolute atomic E-state index is 0.328. The zero-order valence-electron chi connectivity index (χ0n) is 12.3. The summed E-state index contributed by atoms with van der Waals surface area (Å²) in [6.07, 6.45) is 5.39. The van der Waals surface area contributed by atoms with Gasteiger partial charge in [-0.15, -0.1) is 0 Å². The number of nitrogens with one attached hydrogen (secondary N) is 1. The zero-order valence-corrected chi connectivity index (χ0v) is 12.3. The van der Waals surface area contributed by atoms with Crippen LogP contribution in [0.1, 0.15) is 22.3 Å². The molecule has 0 aromatic heterocycles. The number of phenolic OH excluding ortho intramolecular Hbond substituents is 1. The van der Waals surface area contributed by atoms with Crippen molar-refractivity contribution in [1.29, 1.82) is 0 Å². The van der Waals surface area contributed by atoms with Crippen molar-refractivity contribution in [3.63, 3.8) is 0 Å². The maximum absolute atomic E-state index is 9.46. The molecule has 3 heteroatoms. The van der Waals surface area contributed by atoms with Crippen LogP contribution in [0.15, 0.2) is 42.8 Å². The van der Waals surface area contributed by atoms with Gasteiger partial charge in [0, 0.05) is 6.20 Å². The predicted octanol–water partition coefficient (Wildman–Crippen LogP) is 4.07. The van der Waals surface area contributed by atoms with Gasteiger partial charge in [-0.3, -0.25) is 0 Å². The second-order valence-corrected chi connectivity index (χ2v) is 5.47. The highest BCUT2D eigenvalue weighted by Crippen LogP contribution is 2.33. The van der Waals surface area contributed by atoms with E-state index < -0.39 is 0 Å². The Hall–Kier alpha value is -2.42. The molecular weight excluding hydrogens is 262 g/mol. The number of hydrogen-bond acceptors (Lipinski definition) is 3. The normalized spacial score (nSPS) is 12.5. The second kappa shape index (κ2) is 5.52. The van der Waals surface area contributed by atoms with Crippen LogP contribution in [0.2, 0.25) is 0 Å². The van der Waals surface area contributed by atoms with E-state index in [9.17, 15) is 5.11 Å². The van der Waals surface area contributed by atoms with Gasteiger partial charge in [0.05, 0.1) is 5.69 Å². The smallest absolute Gasteiger partial charge is 0.152 e. The van der Waals surface area contributed by atoms with E-state index in [-0.39, 0.29) is 0 Å². The van der Waals surface area contributed by atoms with E-state index in [2.05, 4.69) is 24.4 Å². The lowest BCUT2D eigenvalue weighted by molar-refractivity contribution is 0.473. The number of aryl methyl sites for hydroxylation is 4. The van der Waals surface area contributed by atoms with Gasteiger partial charge in [-0.2, -0.15) is 0 Å². The van der Waals surface area contributed by atoms with Gasteiger partial charge >= 0.3 is 0 Å². The van der Waals surface area contributed by atoms with E-state index in [1.54, 1.807) is 18.5 Å². The molecule has 0 unspecified atom stereocenters. The Morgan fingerprint density at radius 3 is 2.71 bits per heavy atom. The highest BCUT2D eigenvalue weighted by atomic mass is 16.5. The molecule has 0 fully saturated rings. The Labute approximate surface area is 124 Å². The molecule has 3 nitrogen and oxygen atoms in total. The van der Waals surface area contributed by atoms with Gasteiger partial charge in [-0.05, 0) is 67.1 Å². The molecule has 0 spiro atoms. The molecular formula is C18H19NO2. The highest BCUT2D eigenvalue weighted by molar-refractivity contribution is 5.64. The average molecular weight is 281 g/mol. The fourth-order valence-corrected chi connectivity index (χ4v) is 2.72. The molecule has 21 heavy (non-hydrogen) atoms. The van der Waals surface area contributed by atoms with E-state index >= 15 is 0 Å². The van der Waals surface area contributed by atoms with E-state index in [4.69, 9.17) is 4.74 Å². The van der Waals surface area contributed by atoms with Crippen molar-refractivity contribution >= 4 is 5.69 Å². The molecule has 3 rings (SSSR count). The SMILES string of the molecule is Cc1cc(O)ccc1CCc1cc(C)c2c(c1)NC=CO2. The molecule has 2 aromatic rings. The summed E-state index contributed by atoms with van der Waals surface area (Å²) < 4.78 is 5.53. The Morgan fingerprint density at radius 1 is 1.05 bits per heavy atom. The number of benzene rings is 2. The molecule has 1 heterocycles. The van der Waals surface area contributed by atoms with Crippen molar-refractivity contribution in [2.75, 3.05) is 5.32 Å². The lowest BCUT2D eigenvalue weighted by Crippen LogP contribution is -2.03. The van der Waals surface area contributed by atoms with Gasteiger partial charge < -0.3 is 15.2 Å². The van der Waals surface area contributed by atoms with E-state index in [0.717, 1.165) is 35.4 Å². The van der Waals surface area contributed by atoms with Gasteiger partial charge in [0.15, 0.2) is 5.75 Å². The van der Waals surface area contributed by atoms with Gasteiger partial charge in [0.25, 0.3) is 0 Å². The third-order valence-corrected chi connectivity index (χ3v) is 3.84. The van der Waals surface area contributed by atoms with Crippen LogP contribution < -0.4 is 10.1 Å². The summed E-state index contributed by atoms with van der Waals surface area (Å²) >= 11 is 0. The van der Waals surface area contributed by atoms with E-state index in [1.165, 1.54) is 11.1 Å². The van der Waals surface area contributed by atoms with Crippen molar-refractivity contribution in [3.05, 3.63) is 65.0 Å². The number of ether oxygens (including phenoxy) is 1. The summed E-state index contributed by atoms with van der Waals surface area (Å²) in [6, 6.07) is 9.88. The zero-order chi connectivity index (χ0) is 14.8. The number of hydrogen-bond donors (Lipinski definition) is 2. The summed E-state index contributed by atoms with van der Waals surface area (Å²) in [5, 5.41) is 12.7. The van der Waals surface area contributed by atoms with Crippen molar-refractivity contribution < 1.29 is 9.84 Å². The van der Waals surface area contributed by atoms with Gasteiger partial charge in [-0.25, -0.2) is 0 Å². The molecule has 0 bridgehead atoms. The standard InChI is InChI=1S/C18H19NO2/c1-12-10-16(20)6-5-15(12)4-3-14-9-13(2)18-17(11-14)19-7-8-21-18/h5-11,19-20H,3-4H2,1-2H3. The molecule has 108 valence electrons. The van der Waals surface area contributed by atoms with Crippen LogP contribution >= 0.6 is 0 Å². The molecule has 2 N–H and O–H groups in total. The summed E-state index contributed by atoms with van der Waals surface area (Å²) in [4.78, 5) is 0. The predicted molar refractivity (Wildman–Crippen MR) is 84.8 cm³/mol. The van der Waals surface area contributed by atoms with Crippen molar-refractivity contribution in [3.8, 4) is 11.5 Å². The van der Waals surface area contributed by atoms with Crippen LogP contribution in [0.3, 0.4) is 0 Å². The first-order chi connectivity index (χ1) is 10.1. The fourth-order valence-electron chi connectivity index (χ4n) is 2.72. The maximum atomic E-state index is 9.46. The van der Waals surface area contributed by atoms with Gasteiger partial charge in [0.2, 0.25) is 0 Å². The van der Waals surface area contributed by atoms with Crippen molar-refractivity contribution in [2.45, 2.75) is 26.7 Å². The van der Waals surface area contributed by atoms with Crippen LogP contribution in [0.4, 0.5) is 5.69 Å². The molecule has 0 radical (unpaired) electrons. The van der Waals surface area contributed by atoms with Gasteiger partial charge in [-0.1, -0.05) is 12.1 Å². The largest absolute Gasteiger partial charge is 0.508 e. The Bertz CT molecular complexity index is 705. The summed E-state index contributed by atoms with van der Waals surface area (Å²) in [6.45, 7) is 4.10. The monoisotopic (exact) mass is 281 g/mol. The first-order valence-electron chi connectivity index (χ1n) is 7.14. The van der Waals surface area contributed by atoms with Crippen LogP contribution in [-0.4, -0.2) is 5.11 Å². The molecule has 0 saturated carbocycles. The molecule has 2 aromatic carbocycles. The fraction of sp³-hybridized carbons (Fsp3) is 0.222. The number of aromatic hydroxyl groups is 1. The van der Waals surface area contributed by atoms with Crippen LogP contribution in [0.5, 0.6) is 11.5 Å². The summed E-state index contributed by atoms with van der Waals surface area (Å²) in [7, 11) is 0.